The number of alkyl halides is 3. The molecule has 0 bridgehead atoms. The van der Waals surface area contributed by atoms with E-state index in [1.807, 2.05) is 36.1 Å². The topological polar surface area (TPSA) is 87.7 Å². The Bertz CT molecular complexity index is 1330. The Morgan fingerprint density at radius 2 is 1.58 bits per heavy atom. The highest BCUT2D eigenvalue weighted by Gasteiger charge is 2.33. The number of aromatic nitrogens is 2. The fourth-order valence-corrected chi connectivity index (χ4v) is 5.02. The van der Waals surface area contributed by atoms with E-state index in [0.29, 0.717) is 56.3 Å². The van der Waals surface area contributed by atoms with Gasteiger partial charge in [0.15, 0.2) is 0 Å². The van der Waals surface area contributed by atoms with Crippen molar-refractivity contribution in [2.24, 2.45) is 0 Å². The first-order chi connectivity index (χ1) is 18.1. The van der Waals surface area contributed by atoms with Crippen molar-refractivity contribution in [1.29, 1.82) is 0 Å². The summed E-state index contributed by atoms with van der Waals surface area (Å²) >= 11 is 0. The van der Waals surface area contributed by atoms with Crippen LogP contribution in [0.15, 0.2) is 48.5 Å². The number of piperazine rings is 1. The number of halogens is 3. The summed E-state index contributed by atoms with van der Waals surface area (Å²) in [7, 11) is 0. The lowest BCUT2D eigenvalue weighted by Gasteiger charge is -2.36. The van der Waals surface area contributed by atoms with Gasteiger partial charge in [0, 0.05) is 56.1 Å². The summed E-state index contributed by atoms with van der Waals surface area (Å²) in [5.41, 5.74) is 9.18. The van der Waals surface area contributed by atoms with Crippen molar-refractivity contribution in [2.75, 3.05) is 48.3 Å². The van der Waals surface area contributed by atoms with Gasteiger partial charge >= 0.3 is 6.18 Å². The molecule has 38 heavy (non-hydrogen) atoms. The van der Waals surface area contributed by atoms with Gasteiger partial charge in [0.05, 0.1) is 12.1 Å². The largest absolute Gasteiger partial charge is 0.416 e. The second kappa shape index (κ2) is 10.0. The van der Waals surface area contributed by atoms with Crippen LogP contribution in [0.5, 0.6) is 0 Å². The molecule has 2 N–H and O–H groups in total. The molecular formula is C27H29F3N6O2. The van der Waals surface area contributed by atoms with Crippen LogP contribution >= 0.6 is 0 Å². The minimum Gasteiger partial charge on any atom is -0.382 e. The minimum atomic E-state index is -4.37. The highest BCUT2D eigenvalue weighted by Crippen LogP contribution is 2.31. The molecule has 0 radical (unpaired) electrons. The maximum absolute atomic E-state index is 13.4. The van der Waals surface area contributed by atoms with Crippen molar-refractivity contribution < 1.29 is 22.8 Å². The number of nitrogens with two attached hydrogens (primary N) is 1. The smallest absolute Gasteiger partial charge is 0.382 e. The molecule has 5 rings (SSSR count). The molecule has 0 spiro atoms. The number of anilines is 3. The molecule has 11 heteroatoms. The van der Waals surface area contributed by atoms with E-state index in [9.17, 15) is 22.8 Å². The first kappa shape index (κ1) is 25.6. The van der Waals surface area contributed by atoms with Crippen molar-refractivity contribution in [3.05, 3.63) is 70.9 Å². The number of rotatable bonds is 5. The SMILES string of the molecule is Cc1ccc(N2CCc3c(N)nn(CCC(=O)N4CCN(c5ccc(C(F)(F)F)cc5)CC4)c3C2=O)cc1. The van der Waals surface area contributed by atoms with Crippen molar-refractivity contribution in [1.82, 2.24) is 14.7 Å². The first-order valence-electron chi connectivity index (χ1n) is 12.6. The quantitative estimate of drug-likeness (QED) is 0.548. The van der Waals surface area contributed by atoms with Crippen LogP contribution < -0.4 is 15.5 Å². The summed E-state index contributed by atoms with van der Waals surface area (Å²) in [6.45, 7) is 4.67. The van der Waals surface area contributed by atoms with Crippen molar-refractivity contribution >= 4 is 29.0 Å². The summed E-state index contributed by atoms with van der Waals surface area (Å²) in [5, 5.41) is 4.37. The summed E-state index contributed by atoms with van der Waals surface area (Å²) in [4.78, 5) is 31.7. The number of carbonyl (C=O) groups excluding carboxylic acids is 2. The highest BCUT2D eigenvalue weighted by molar-refractivity contribution is 6.07. The lowest BCUT2D eigenvalue weighted by molar-refractivity contribution is -0.137. The van der Waals surface area contributed by atoms with E-state index in [2.05, 4.69) is 5.10 Å². The maximum atomic E-state index is 13.4. The van der Waals surface area contributed by atoms with Gasteiger partial charge in [-0.2, -0.15) is 18.3 Å². The number of amides is 2. The third-order valence-corrected chi connectivity index (χ3v) is 7.19. The van der Waals surface area contributed by atoms with Crippen LogP contribution in [0.25, 0.3) is 0 Å². The molecule has 200 valence electrons. The van der Waals surface area contributed by atoms with E-state index in [1.165, 1.54) is 12.1 Å². The summed E-state index contributed by atoms with van der Waals surface area (Å²) < 4.78 is 40.0. The Kier molecular flexibility index (Phi) is 6.77. The first-order valence-corrected chi connectivity index (χ1v) is 12.6. The van der Waals surface area contributed by atoms with Crippen LogP contribution in [0.2, 0.25) is 0 Å². The van der Waals surface area contributed by atoms with Gasteiger partial charge in [0.25, 0.3) is 5.91 Å². The van der Waals surface area contributed by atoms with Crippen LogP contribution in [-0.4, -0.2) is 59.2 Å². The molecule has 0 aliphatic carbocycles. The average molecular weight is 527 g/mol. The molecule has 3 aromatic rings. The zero-order valence-electron chi connectivity index (χ0n) is 21.0. The van der Waals surface area contributed by atoms with Gasteiger partial charge in [-0.05, 0) is 49.7 Å². The maximum Gasteiger partial charge on any atom is 0.416 e. The number of carbonyl (C=O) groups is 2. The van der Waals surface area contributed by atoms with Crippen LogP contribution in [0.1, 0.15) is 33.6 Å². The molecule has 8 nitrogen and oxygen atoms in total. The van der Waals surface area contributed by atoms with Crippen molar-refractivity contribution in [2.45, 2.75) is 32.5 Å². The molecule has 3 heterocycles. The molecule has 0 atom stereocenters. The Labute approximate surface area is 218 Å². The van der Waals surface area contributed by atoms with Gasteiger partial charge in [0.1, 0.15) is 11.5 Å². The van der Waals surface area contributed by atoms with Crippen molar-refractivity contribution in [3.8, 4) is 0 Å². The van der Waals surface area contributed by atoms with E-state index >= 15 is 0 Å². The Hall–Kier alpha value is -4.02. The number of nitrogen functional groups attached to an aromatic ring is 1. The van der Waals surface area contributed by atoms with E-state index in [4.69, 9.17) is 5.73 Å². The third-order valence-electron chi connectivity index (χ3n) is 7.19. The standard InChI is InChI=1S/C27H29F3N6O2/c1-18-2-6-21(7-3-18)35-12-10-22-24(26(35)38)36(32-25(22)31)13-11-23(37)34-16-14-33(15-17-34)20-8-4-19(5-9-20)27(28,29)30/h2-9H,10-17H2,1H3,(H2,31,32). The Morgan fingerprint density at radius 3 is 2.21 bits per heavy atom. The normalized spacial score (nSPS) is 16.1. The van der Waals surface area contributed by atoms with E-state index in [0.717, 1.165) is 28.9 Å². The van der Waals surface area contributed by atoms with Gasteiger partial charge in [0.2, 0.25) is 5.91 Å². The molecule has 2 aliphatic rings. The van der Waals surface area contributed by atoms with Crippen molar-refractivity contribution in [3.63, 3.8) is 0 Å². The second-order valence-electron chi connectivity index (χ2n) is 9.64. The zero-order valence-corrected chi connectivity index (χ0v) is 21.0. The van der Waals surface area contributed by atoms with Crippen LogP contribution in [-0.2, 0) is 23.9 Å². The molecule has 2 amide bonds. The summed E-state index contributed by atoms with van der Waals surface area (Å²) in [6, 6.07) is 12.8. The molecule has 0 unspecified atom stereocenters. The monoisotopic (exact) mass is 526 g/mol. The molecule has 1 aromatic heterocycles. The Morgan fingerprint density at radius 1 is 0.947 bits per heavy atom. The van der Waals surface area contributed by atoms with Gasteiger partial charge < -0.3 is 20.4 Å². The fraction of sp³-hybridized carbons (Fsp3) is 0.370. The van der Waals surface area contributed by atoms with E-state index in [-0.39, 0.29) is 24.8 Å². The number of aryl methyl sites for hydroxylation is 2. The van der Waals surface area contributed by atoms with Gasteiger partial charge in [-0.25, -0.2) is 0 Å². The lowest BCUT2D eigenvalue weighted by Crippen LogP contribution is -2.49. The van der Waals surface area contributed by atoms with Crippen LogP contribution in [0, 0.1) is 6.92 Å². The number of hydrogen-bond donors (Lipinski definition) is 1. The molecule has 0 saturated carbocycles. The summed E-state index contributed by atoms with van der Waals surface area (Å²) in [5.74, 6) is 0.0601. The average Bonchev–Trinajstić information content (AvgIpc) is 3.24. The fourth-order valence-electron chi connectivity index (χ4n) is 5.02. The molecule has 2 aliphatic heterocycles. The third kappa shape index (κ3) is 5.05. The summed E-state index contributed by atoms with van der Waals surface area (Å²) in [6.07, 6.45) is -3.63. The number of fused-ring (bicyclic) bond motifs is 1. The van der Waals surface area contributed by atoms with E-state index in [1.54, 1.807) is 14.5 Å². The van der Waals surface area contributed by atoms with Gasteiger partial charge in [-0.15, -0.1) is 0 Å². The van der Waals surface area contributed by atoms with Crippen LogP contribution in [0.3, 0.4) is 0 Å². The minimum absolute atomic E-state index is 0.0708. The highest BCUT2D eigenvalue weighted by atomic mass is 19.4. The number of hydrogen-bond acceptors (Lipinski definition) is 5. The van der Waals surface area contributed by atoms with Gasteiger partial charge in [-0.3, -0.25) is 14.3 Å². The predicted molar refractivity (Wildman–Crippen MR) is 138 cm³/mol. The van der Waals surface area contributed by atoms with Crippen LogP contribution in [0.4, 0.5) is 30.4 Å². The van der Waals surface area contributed by atoms with Gasteiger partial charge in [-0.1, -0.05) is 17.7 Å². The molecule has 2 aromatic carbocycles. The lowest BCUT2D eigenvalue weighted by atomic mass is 10.0. The Balaban J connectivity index is 1.20. The molecule has 1 fully saturated rings. The second-order valence-corrected chi connectivity index (χ2v) is 9.64. The molecule has 1 saturated heterocycles. The molecular weight excluding hydrogens is 497 g/mol. The number of benzene rings is 2. The zero-order chi connectivity index (χ0) is 27.0. The van der Waals surface area contributed by atoms with E-state index < -0.39 is 11.7 Å². The number of nitrogens with zero attached hydrogens (tertiary/aromatic N) is 5. The predicted octanol–water partition coefficient (Wildman–Crippen LogP) is 3.73.